The molecular weight excluding hydrogens is 258 g/mol. The maximum atomic E-state index is 12.1. The molecule has 1 fully saturated rings. The van der Waals surface area contributed by atoms with Gasteiger partial charge in [0.05, 0.1) is 0 Å². The zero-order valence-electron chi connectivity index (χ0n) is 11.3. The summed E-state index contributed by atoms with van der Waals surface area (Å²) in [5.74, 6) is 0. The van der Waals surface area contributed by atoms with Crippen LogP contribution in [0.15, 0.2) is 0 Å². The summed E-state index contributed by atoms with van der Waals surface area (Å²) in [6, 6.07) is 0. The van der Waals surface area contributed by atoms with Crippen LogP contribution in [0, 0.1) is 0 Å². The van der Waals surface area contributed by atoms with Crippen molar-refractivity contribution in [3.05, 3.63) is 0 Å². The molecule has 1 N–H and O–H groups in total. The summed E-state index contributed by atoms with van der Waals surface area (Å²) in [5.41, 5.74) is -0.718. The van der Waals surface area contributed by atoms with Crippen molar-refractivity contribution in [3.63, 3.8) is 0 Å². The molecule has 0 spiro atoms. The number of amides is 1. The molecule has 1 aliphatic heterocycles. The van der Waals surface area contributed by atoms with Gasteiger partial charge < -0.3 is 10.1 Å². The molecule has 0 aliphatic carbocycles. The first kappa shape index (κ1) is 15.2. The SMILES string of the molecule is CN(C(=O)OC(C)(C)C)S(=O)(=O)N1CCNCC1. The maximum Gasteiger partial charge on any atom is 0.424 e. The Balaban J connectivity index is 2.75. The molecule has 0 unspecified atom stereocenters. The van der Waals surface area contributed by atoms with Crippen LogP contribution >= 0.6 is 0 Å². The van der Waals surface area contributed by atoms with Gasteiger partial charge in [0.25, 0.3) is 0 Å². The van der Waals surface area contributed by atoms with Crippen molar-refractivity contribution in [2.45, 2.75) is 26.4 Å². The van der Waals surface area contributed by atoms with Crippen molar-refractivity contribution < 1.29 is 17.9 Å². The topological polar surface area (TPSA) is 79.0 Å². The van der Waals surface area contributed by atoms with Crippen molar-refractivity contribution >= 4 is 16.3 Å². The first-order chi connectivity index (χ1) is 8.14. The van der Waals surface area contributed by atoms with Crippen molar-refractivity contribution in [3.8, 4) is 0 Å². The van der Waals surface area contributed by atoms with Gasteiger partial charge in [-0.3, -0.25) is 0 Å². The number of nitrogens with one attached hydrogen (secondary N) is 1. The zero-order chi connectivity index (χ0) is 14.0. The normalized spacial score (nSPS) is 18.4. The quantitative estimate of drug-likeness (QED) is 0.770. The molecule has 0 radical (unpaired) electrons. The van der Waals surface area contributed by atoms with E-state index in [1.165, 1.54) is 11.4 Å². The number of piperazine rings is 1. The number of carbonyl (C=O) groups excluding carboxylic acids is 1. The van der Waals surface area contributed by atoms with Gasteiger partial charge in [-0.2, -0.15) is 17.0 Å². The molecule has 1 amide bonds. The molecular formula is C10H21N3O4S. The summed E-state index contributed by atoms with van der Waals surface area (Å²) in [4.78, 5) is 11.7. The predicted octanol–water partition coefficient (Wildman–Crippen LogP) is 0.00330. The van der Waals surface area contributed by atoms with Crippen LogP contribution in [0.2, 0.25) is 0 Å². The summed E-state index contributed by atoms with van der Waals surface area (Å²) in [5, 5.41) is 3.05. The summed E-state index contributed by atoms with van der Waals surface area (Å²) >= 11 is 0. The van der Waals surface area contributed by atoms with E-state index in [1.54, 1.807) is 20.8 Å². The van der Waals surface area contributed by atoms with E-state index in [1.807, 2.05) is 0 Å². The minimum Gasteiger partial charge on any atom is -0.443 e. The fourth-order valence-electron chi connectivity index (χ4n) is 1.47. The second kappa shape index (κ2) is 5.41. The monoisotopic (exact) mass is 279 g/mol. The Morgan fingerprint density at radius 2 is 1.78 bits per heavy atom. The Kier molecular flexibility index (Phi) is 4.57. The highest BCUT2D eigenvalue weighted by Crippen LogP contribution is 2.14. The third-order valence-corrected chi connectivity index (χ3v) is 4.26. The first-order valence-corrected chi connectivity index (χ1v) is 7.22. The average Bonchev–Trinajstić information content (AvgIpc) is 2.27. The van der Waals surface area contributed by atoms with E-state index in [4.69, 9.17) is 4.74 Å². The third-order valence-electron chi connectivity index (χ3n) is 2.40. The predicted molar refractivity (Wildman–Crippen MR) is 67.4 cm³/mol. The van der Waals surface area contributed by atoms with Gasteiger partial charge in [-0.25, -0.2) is 4.79 Å². The lowest BCUT2D eigenvalue weighted by Crippen LogP contribution is -2.52. The second-order valence-corrected chi connectivity index (χ2v) is 7.06. The number of hydrogen-bond acceptors (Lipinski definition) is 5. The largest absolute Gasteiger partial charge is 0.443 e. The van der Waals surface area contributed by atoms with Crippen molar-refractivity contribution in [2.75, 3.05) is 33.2 Å². The number of hydrogen-bond donors (Lipinski definition) is 1. The van der Waals surface area contributed by atoms with E-state index in [9.17, 15) is 13.2 Å². The van der Waals surface area contributed by atoms with Gasteiger partial charge in [-0.1, -0.05) is 0 Å². The number of nitrogens with zero attached hydrogens (tertiary/aromatic N) is 2. The minimum atomic E-state index is -3.78. The van der Waals surface area contributed by atoms with Crippen molar-refractivity contribution in [1.29, 1.82) is 0 Å². The van der Waals surface area contributed by atoms with Gasteiger partial charge in [-0.05, 0) is 20.8 Å². The summed E-state index contributed by atoms with van der Waals surface area (Å²) in [7, 11) is -2.57. The van der Waals surface area contributed by atoms with Gasteiger partial charge in [0.2, 0.25) is 0 Å². The Bertz CT molecular complexity index is 396. The highest BCUT2D eigenvalue weighted by Gasteiger charge is 2.33. The molecule has 1 rings (SSSR count). The Labute approximate surface area is 108 Å². The second-order valence-electron chi connectivity index (χ2n) is 5.10. The third kappa shape index (κ3) is 3.82. The molecule has 0 aromatic carbocycles. The molecule has 106 valence electrons. The van der Waals surface area contributed by atoms with E-state index >= 15 is 0 Å². The van der Waals surface area contributed by atoms with E-state index in [2.05, 4.69) is 5.32 Å². The molecule has 0 aromatic heterocycles. The maximum absolute atomic E-state index is 12.1. The van der Waals surface area contributed by atoms with Crippen LogP contribution in [-0.4, -0.2) is 61.9 Å². The van der Waals surface area contributed by atoms with E-state index in [-0.39, 0.29) is 0 Å². The Morgan fingerprint density at radius 3 is 2.22 bits per heavy atom. The highest BCUT2D eigenvalue weighted by atomic mass is 32.2. The number of ether oxygens (including phenoxy) is 1. The van der Waals surface area contributed by atoms with Crippen molar-refractivity contribution in [2.24, 2.45) is 0 Å². The molecule has 8 heteroatoms. The molecule has 7 nitrogen and oxygen atoms in total. The van der Waals surface area contributed by atoms with Gasteiger partial charge >= 0.3 is 16.3 Å². The molecule has 0 bridgehead atoms. The van der Waals surface area contributed by atoms with Crippen molar-refractivity contribution in [1.82, 2.24) is 13.9 Å². The summed E-state index contributed by atoms with van der Waals surface area (Å²) in [6.45, 7) is 6.95. The van der Waals surface area contributed by atoms with Gasteiger partial charge in [0.1, 0.15) is 5.60 Å². The highest BCUT2D eigenvalue weighted by molar-refractivity contribution is 7.87. The lowest BCUT2D eigenvalue weighted by Gasteiger charge is -2.31. The standard InChI is InChI=1S/C10H21N3O4S/c1-10(2,3)17-9(14)12(4)18(15,16)13-7-5-11-6-8-13/h11H,5-8H2,1-4H3. The molecule has 0 saturated carbocycles. The minimum absolute atomic E-state index is 0.357. The lowest BCUT2D eigenvalue weighted by atomic mass is 10.2. The molecule has 0 aromatic rings. The van der Waals surface area contributed by atoms with Crippen LogP contribution in [0.1, 0.15) is 20.8 Å². The van der Waals surface area contributed by atoms with Crippen LogP contribution < -0.4 is 5.32 Å². The number of carbonyl (C=O) groups is 1. The molecule has 1 aliphatic rings. The molecule has 1 saturated heterocycles. The fraction of sp³-hybridized carbons (Fsp3) is 0.900. The van der Waals surface area contributed by atoms with Crippen LogP contribution in [0.25, 0.3) is 0 Å². The smallest absolute Gasteiger partial charge is 0.424 e. The van der Waals surface area contributed by atoms with Crippen LogP contribution in [0.4, 0.5) is 4.79 Å². The summed E-state index contributed by atoms with van der Waals surface area (Å²) < 4.78 is 31.2. The Morgan fingerprint density at radius 1 is 1.28 bits per heavy atom. The van der Waals surface area contributed by atoms with Crippen LogP contribution in [-0.2, 0) is 14.9 Å². The Hall–Kier alpha value is -0.860. The van der Waals surface area contributed by atoms with Crippen LogP contribution in [0.3, 0.4) is 0 Å². The lowest BCUT2D eigenvalue weighted by molar-refractivity contribution is 0.0411. The van der Waals surface area contributed by atoms with Gasteiger partial charge in [0.15, 0.2) is 0 Å². The summed E-state index contributed by atoms with van der Waals surface area (Å²) in [6.07, 6.45) is -0.860. The number of rotatable bonds is 2. The van der Waals surface area contributed by atoms with E-state index in [0.717, 1.165) is 0 Å². The van der Waals surface area contributed by atoms with Crippen LogP contribution in [0.5, 0.6) is 0 Å². The van der Waals surface area contributed by atoms with Gasteiger partial charge in [0, 0.05) is 33.2 Å². The first-order valence-electron chi connectivity index (χ1n) is 5.82. The molecule has 0 atom stereocenters. The van der Waals surface area contributed by atoms with E-state index in [0.29, 0.717) is 30.5 Å². The van der Waals surface area contributed by atoms with Gasteiger partial charge in [-0.15, -0.1) is 0 Å². The van der Waals surface area contributed by atoms with E-state index < -0.39 is 21.9 Å². The molecule has 1 heterocycles. The molecule has 18 heavy (non-hydrogen) atoms. The fourth-order valence-corrected chi connectivity index (χ4v) is 2.68. The average molecular weight is 279 g/mol. The zero-order valence-corrected chi connectivity index (χ0v) is 12.1.